The summed E-state index contributed by atoms with van der Waals surface area (Å²) in [5, 5.41) is 3.96. The average Bonchev–Trinajstić information content (AvgIpc) is 3.27. The minimum atomic E-state index is -0.493. The van der Waals surface area contributed by atoms with Gasteiger partial charge in [0.05, 0.1) is 18.9 Å². The van der Waals surface area contributed by atoms with E-state index in [-0.39, 0.29) is 6.79 Å². The van der Waals surface area contributed by atoms with Gasteiger partial charge in [0.15, 0.2) is 11.5 Å². The summed E-state index contributed by atoms with van der Waals surface area (Å²) in [6.07, 6.45) is 1.45. The molecule has 0 saturated heterocycles. The Morgan fingerprint density at radius 3 is 2.52 bits per heavy atom. The van der Waals surface area contributed by atoms with Crippen LogP contribution in [0.25, 0.3) is 0 Å². The molecule has 0 unspecified atom stereocenters. The Kier molecular flexibility index (Phi) is 5.79. The molecule has 0 spiro atoms. The molecular formula is C23H18N2O6. The molecule has 4 rings (SSSR count). The standard InChI is InChI=1S/C23H18N2O6/c1-28-18-8-5-16(6-9-18)23(27)31-19-4-2-3-15(11-19)13-24-25-22(26)17-7-10-20-21(12-17)30-14-29-20/h2-13H,14H2,1H3,(H,25,26)/b24-13-. The summed E-state index contributed by atoms with van der Waals surface area (Å²) in [6.45, 7) is 0.137. The second-order valence-electron chi connectivity index (χ2n) is 6.46. The lowest BCUT2D eigenvalue weighted by Crippen LogP contribution is -2.17. The van der Waals surface area contributed by atoms with Crippen LogP contribution in [0, 0.1) is 0 Å². The van der Waals surface area contributed by atoms with E-state index in [1.807, 2.05) is 0 Å². The topological polar surface area (TPSA) is 95.5 Å². The molecule has 8 heteroatoms. The number of hydrogen-bond donors (Lipinski definition) is 1. The van der Waals surface area contributed by atoms with Gasteiger partial charge in [0.2, 0.25) is 6.79 Å². The number of fused-ring (bicyclic) bond motifs is 1. The third-order valence-electron chi connectivity index (χ3n) is 4.41. The molecule has 0 atom stereocenters. The van der Waals surface area contributed by atoms with Gasteiger partial charge in [-0.3, -0.25) is 4.79 Å². The van der Waals surface area contributed by atoms with Gasteiger partial charge in [-0.05, 0) is 60.2 Å². The lowest BCUT2D eigenvalue weighted by molar-refractivity contribution is 0.0734. The lowest BCUT2D eigenvalue weighted by Gasteiger charge is -2.06. The maximum Gasteiger partial charge on any atom is 0.343 e. The van der Waals surface area contributed by atoms with E-state index in [0.29, 0.717) is 39.7 Å². The minimum absolute atomic E-state index is 0.137. The molecule has 3 aromatic rings. The molecule has 3 aromatic carbocycles. The molecular weight excluding hydrogens is 400 g/mol. The molecule has 31 heavy (non-hydrogen) atoms. The van der Waals surface area contributed by atoms with Crippen LogP contribution in [0.4, 0.5) is 0 Å². The Hall–Kier alpha value is -4.33. The number of hydrazone groups is 1. The van der Waals surface area contributed by atoms with Crippen molar-refractivity contribution in [2.24, 2.45) is 5.10 Å². The first-order valence-corrected chi connectivity index (χ1v) is 9.32. The first-order valence-electron chi connectivity index (χ1n) is 9.32. The molecule has 156 valence electrons. The van der Waals surface area contributed by atoms with Crippen LogP contribution in [0.2, 0.25) is 0 Å². The van der Waals surface area contributed by atoms with Gasteiger partial charge in [0, 0.05) is 5.56 Å². The Balaban J connectivity index is 1.37. The number of esters is 1. The molecule has 0 aliphatic carbocycles. The highest BCUT2D eigenvalue weighted by molar-refractivity contribution is 5.95. The second kappa shape index (κ2) is 9.00. The monoisotopic (exact) mass is 418 g/mol. The molecule has 1 amide bonds. The van der Waals surface area contributed by atoms with Crippen molar-refractivity contribution in [2.75, 3.05) is 13.9 Å². The van der Waals surface area contributed by atoms with Gasteiger partial charge in [-0.2, -0.15) is 5.10 Å². The van der Waals surface area contributed by atoms with Gasteiger partial charge in [-0.25, -0.2) is 10.2 Å². The van der Waals surface area contributed by atoms with E-state index in [1.165, 1.54) is 6.21 Å². The highest BCUT2D eigenvalue weighted by Gasteiger charge is 2.16. The molecule has 1 N–H and O–H groups in total. The van der Waals surface area contributed by atoms with Crippen molar-refractivity contribution >= 4 is 18.1 Å². The van der Waals surface area contributed by atoms with E-state index in [1.54, 1.807) is 73.8 Å². The first kappa shape index (κ1) is 20.0. The Morgan fingerprint density at radius 2 is 1.71 bits per heavy atom. The fourth-order valence-electron chi connectivity index (χ4n) is 2.82. The van der Waals surface area contributed by atoms with E-state index in [2.05, 4.69) is 10.5 Å². The predicted octanol–water partition coefficient (Wildman–Crippen LogP) is 3.41. The van der Waals surface area contributed by atoms with Gasteiger partial charge in [0.25, 0.3) is 5.91 Å². The summed E-state index contributed by atoms with van der Waals surface area (Å²) in [7, 11) is 1.55. The molecule has 0 fully saturated rings. The molecule has 8 nitrogen and oxygen atoms in total. The number of amides is 1. The smallest absolute Gasteiger partial charge is 0.343 e. The third kappa shape index (κ3) is 4.81. The summed E-state index contributed by atoms with van der Waals surface area (Å²) >= 11 is 0. The molecule has 0 saturated carbocycles. The van der Waals surface area contributed by atoms with Crippen molar-refractivity contribution in [1.29, 1.82) is 0 Å². The molecule has 0 aromatic heterocycles. The van der Waals surface area contributed by atoms with Crippen LogP contribution in [0.3, 0.4) is 0 Å². The van der Waals surface area contributed by atoms with E-state index in [0.717, 1.165) is 0 Å². The summed E-state index contributed by atoms with van der Waals surface area (Å²) in [5.41, 5.74) is 3.89. The maximum absolute atomic E-state index is 12.3. The van der Waals surface area contributed by atoms with E-state index in [4.69, 9.17) is 18.9 Å². The largest absolute Gasteiger partial charge is 0.497 e. The fraction of sp³-hybridized carbons (Fsp3) is 0.0870. The summed E-state index contributed by atoms with van der Waals surface area (Å²) < 4.78 is 21.0. The highest BCUT2D eigenvalue weighted by Crippen LogP contribution is 2.32. The van der Waals surface area contributed by atoms with Gasteiger partial charge >= 0.3 is 5.97 Å². The van der Waals surface area contributed by atoms with Crippen LogP contribution in [0.15, 0.2) is 71.8 Å². The number of nitrogens with one attached hydrogen (secondary N) is 1. The average molecular weight is 418 g/mol. The number of ether oxygens (including phenoxy) is 4. The molecule has 0 radical (unpaired) electrons. The maximum atomic E-state index is 12.3. The van der Waals surface area contributed by atoms with Gasteiger partial charge in [0.1, 0.15) is 11.5 Å². The Bertz CT molecular complexity index is 1140. The zero-order valence-corrected chi connectivity index (χ0v) is 16.5. The van der Waals surface area contributed by atoms with E-state index >= 15 is 0 Å². The lowest BCUT2D eigenvalue weighted by atomic mass is 10.2. The third-order valence-corrected chi connectivity index (χ3v) is 4.41. The molecule has 1 heterocycles. The SMILES string of the molecule is COc1ccc(C(=O)Oc2cccc(/C=N\NC(=O)c3ccc4c(c3)OCO4)c2)cc1. The van der Waals surface area contributed by atoms with Crippen LogP contribution in [-0.2, 0) is 0 Å². The number of carbonyl (C=O) groups excluding carboxylic acids is 2. The van der Waals surface area contributed by atoms with Crippen LogP contribution < -0.4 is 24.4 Å². The molecule has 1 aliphatic rings. The van der Waals surface area contributed by atoms with Crippen LogP contribution in [0.5, 0.6) is 23.0 Å². The van der Waals surface area contributed by atoms with Gasteiger partial charge in [-0.1, -0.05) is 12.1 Å². The quantitative estimate of drug-likeness (QED) is 0.285. The second-order valence-corrected chi connectivity index (χ2v) is 6.46. The Labute approximate surface area is 178 Å². The minimum Gasteiger partial charge on any atom is -0.497 e. The van der Waals surface area contributed by atoms with E-state index < -0.39 is 11.9 Å². The fourth-order valence-corrected chi connectivity index (χ4v) is 2.82. The first-order chi connectivity index (χ1) is 15.1. The van der Waals surface area contributed by atoms with Gasteiger partial charge < -0.3 is 18.9 Å². The normalized spacial score (nSPS) is 11.9. The van der Waals surface area contributed by atoms with Crippen molar-refractivity contribution < 1.29 is 28.5 Å². The van der Waals surface area contributed by atoms with Crippen molar-refractivity contribution in [3.05, 3.63) is 83.4 Å². The number of benzene rings is 3. The zero-order chi connectivity index (χ0) is 21.6. The number of hydrogen-bond acceptors (Lipinski definition) is 7. The van der Waals surface area contributed by atoms with Crippen molar-refractivity contribution in [3.8, 4) is 23.0 Å². The predicted molar refractivity (Wildman–Crippen MR) is 112 cm³/mol. The summed E-state index contributed by atoms with van der Waals surface area (Å²) in [6, 6.07) is 18.3. The number of nitrogens with zero attached hydrogens (tertiary/aromatic N) is 1. The van der Waals surface area contributed by atoms with Crippen LogP contribution in [-0.4, -0.2) is 32.0 Å². The number of rotatable bonds is 6. The summed E-state index contributed by atoms with van der Waals surface area (Å²) in [5.74, 6) is 1.23. The molecule has 0 bridgehead atoms. The number of methoxy groups -OCH3 is 1. The molecule has 1 aliphatic heterocycles. The van der Waals surface area contributed by atoms with Crippen molar-refractivity contribution in [2.45, 2.75) is 0 Å². The highest BCUT2D eigenvalue weighted by atomic mass is 16.7. The van der Waals surface area contributed by atoms with Crippen molar-refractivity contribution in [1.82, 2.24) is 5.43 Å². The summed E-state index contributed by atoms with van der Waals surface area (Å²) in [4.78, 5) is 24.5. The van der Waals surface area contributed by atoms with Gasteiger partial charge in [-0.15, -0.1) is 0 Å². The van der Waals surface area contributed by atoms with E-state index in [9.17, 15) is 9.59 Å². The van der Waals surface area contributed by atoms with Crippen LogP contribution >= 0.6 is 0 Å². The van der Waals surface area contributed by atoms with Crippen molar-refractivity contribution in [3.63, 3.8) is 0 Å². The zero-order valence-electron chi connectivity index (χ0n) is 16.5. The van der Waals surface area contributed by atoms with Crippen LogP contribution in [0.1, 0.15) is 26.3 Å². The number of carbonyl (C=O) groups is 2. The Morgan fingerprint density at radius 1 is 0.935 bits per heavy atom.